The van der Waals surface area contributed by atoms with Crippen LogP contribution in [0.2, 0.25) is 5.02 Å². The zero-order valence-electron chi connectivity index (χ0n) is 14.4. The number of carbonyl (C=O) groups is 2. The van der Waals surface area contributed by atoms with E-state index in [9.17, 15) is 9.59 Å². The minimum absolute atomic E-state index is 0.0768. The predicted molar refractivity (Wildman–Crippen MR) is 100 cm³/mol. The second kappa shape index (κ2) is 7.28. The summed E-state index contributed by atoms with van der Waals surface area (Å²) < 4.78 is 0. The largest absolute Gasteiger partial charge is 0.352 e. The van der Waals surface area contributed by atoms with Gasteiger partial charge in [0.2, 0.25) is 5.91 Å². The Hall–Kier alpha value is -2.33. The molecule has 1 saturated heterocycles. The van der Waals surface area contributed by atoms with Crippen molar-refractivity contribution in [2.75, 3.05) is 18.0 Å². The van der Waals surface area contributed by atoms with Gasteiger partial charge in [0.15, 0.2) is 0 Å². The van der Waals surface area contributed by atoms with Gasteiger partial charge in [-0.3, -0.25) is 9.59 Å². The summed E-state index contributed by atoms with van der Waals surface area (Å²) in [5, 5.41) is 3.60. The van der Waals surface area contributed by atoms with Crippen molar-refractivity contribution in [3.63, 3.8) is 0 Å². The van der Waals surface area contributed by atoms with E-state index in [4.69, 9.17) is 11.6 Å². The summed E-state index contributed by atoms with van der Waals surface area (Å²) in [6.07, 6.45) is 0.440. The molecule has 0 radical (unpaired) electrons. The third-order valence-electron chi connectivity index (χ3n) is 4.38. The molecule has 4 nitrogen and oxygen atoms in total. The second-order valence-electron chi connectivity index (χ2n) is 6.64. The van der Waals surface area contributed by atoms with Crippen LogP contribution in [0.5, 0.6) is 0 Å². The molecule has 1 heterocycles. The fourth-order valence-corrected chi connectivity index (χ4v) is 3.36. The topological polar surface area (TPSA) is 49.4 Å². The third kappa shape index (κ3) is 4.20. The first-order chi connectivity index (χ1) is 11.9. The number of benzene rings is 2. The average Bonchev–Trinajstić information content (AvgIpc) is 2.93. The van der Waals surface area contributed by atoms with Crippen LogP contribution in [0.4, 0.5) is 5.69 Å². The number of aryl methyl sites for hydroxylation is 2. The summed E-state index contributed by atoms with van der Waals surface area (Å²) in [7, 11) is 0. The van der Waals surface area contributed by atoms with Gasteiger partial charge in [0.1, 0.15) is 0 Å². The number of hydrogen-bond donors (Lipinski definition) is 1. The highest BCUT2D eigenvalue weighted by atomic mass is 35.5. The van der Waals surface area contributed by atoms with E-state index in [2.05, 4.69) is 5.32 Å². The molecule has 25 heavy (non-hydrogen) atoms. The van der Waals surface area contributed by atoms with Crippen LogP contribution in [0.1, 0.15) is 27.9 Å². The van der Waals surface area contributed by atoms with Crippen molar-refractivity contribution >= 4 is 29.1 Å². The van der Waals surface area contributed by atoms with Crippen LogP contribution in [0.25, 0.3) is 0 Å². The maximum absolute atomic E-state index is 12.4. The molecular weight excluding hydrogens is 336 g/mol. The molecule has 3 rings (SSSR count). The molecule has 0 aliphatic carbocycles. The zero-order valence-corrected chi connectivity index (χ0v) is 15.1. The van der Waals surface area contributed by atoms with E-state index in [-0.39, 0.29) is 17.7 Å². The van der Waals surface area contributed by atoms with E-state index in [0.717, 1.165) is 16.8 Å². The lowest BCUT2D eigenvalue weighted by atomic mass is 10.1. The molecule has 1 aliphatic rings. The Labute approximate surface area is 152 Å². The summed E-state index contributed by atoms with van der Waals surface area (Å²) in [6, 6.07) is 13.0. The van der Waals surface area contributed by atoms with Gasteiger partial charge in [-0.2, -0.15) is 0 Å². The lowest BCUT2D eigenvalue weighted by Gasteiger charge is -2.17. The molecular formula is C20H21ClN2O2. The maximum Gasteiger partial charge on any atom is 0.251 e. The number of halogens is 1. The number of anilines is 1. The highest BCUT2D eigenvalue weighted by Crippen LogP contribution is 2.26. The van der Waals surface area contributed by atoms with Crippen LogP contribution < -0.4 is 10.2 Å². The molecule has 0 bridgehead atoms. The molecule has 2 aromatic carbocycles. The van der Waals surface area contributed by atoms with Crippen molar-refractivity contribution in [2.24, 2.45) is 5.92 Å². The Kier molecular flexibility index (Phi) is 5.09. The van der Waals surface area contributed by atoms with E-state index < -0.39 is 0 Å². The van der Waals surface area contributed by atoms with Crippen molar-refractivity contribution in [1.29, 1.82) is 0 Å². The highest BCUT2D eigenvalue weighted by molar-refractivity contribution is 6.30. The maximum atomic E-state index is 12.4. The standard InChI is InChI=1S/C20H21ClN2O2/c1-13-7-14(2)9-16(8-13)20(25)22-11-15-10-19(24)23(12-15)18-5-3-17(21)4-6-18/h3-9,15H,10-12H2,1-2H3,(H,22,25). The summed E-state index contributed by atoms with van der Waals surface area (Å²) in [5.41, 5.74) is 3.64. The fourth-order valence-electron chi connectivity index (χ4n) is 3.23. The Morgan fingerprint density at radius 3 is 2.44 bits per heavy atom. The number of nitrogens with one attached hydrogen (secondary N) is 1. The quantitative estimate of drug-likeness (QED) is 0.907. The van der Waals surface area contributed by atoms with Crippen LogP contribution in [0.15, 0.2) is 42.5 Å². The number of nitrogens with zero attached hydrogens (tertiary/aromatic N) is 1. The van der Waals surface area contributed by atoms with Crippen LogP contribution in [0.3, 0.4) is 0 Å². The third-order valence-corrected chi connectivity index (χ3v) is 4.63. The van der Waals surface area contributed by atoms with Gasteiger partial charge in [-0.1, -0.05) is 28.8 Å². The van der Waals surface area contributed by atoms with E-state index >= 15 is 0 Å². The second-order valence-corrected chi connectivity index (χ2v) is 7.07. The lowest BCUT2D eigenvalue weighted by molar-refractivity contribution is -0.117. The van der Waals surface area contributed by atoms with Crippen LogP contribution in [-0.2, 0) is 4.79 Å². The number of amides is 2. The Morgan fingerprint density at radius 2 is 1.80 bits per heavy atom. The summed E-state index contributed by atoms with van der Waals surface area (Å²) in [4.78, 5) is 26.4. The molecule has 0 aromatic heterocycles. The highest BCUT2D eigenvalue weighted by Gasteiger charge is 2.30. The first-order valence-corrected chi connectivity index (χ1v) is 8.72. The Balaban J connectivity index is 1.60. The van der Waals surface area contributed by atoms with Crippen LogP contribution in [-0.4, -0.2) is 24.9 Å². The molecule has 1 unspecified atom stereocenters. The normalized spacial score (nSPS) is 17.0. The van der Waals surface area contributed by atoms with E-state index in [1.165, 1.54) is 0 Å². The van der Waals surface area contributed by atoms with Gasteiger partial charge in [0.25, 0.3) is 5.91 Å². The van der Waals surface area contributed by atoms with Crippen LogP contribution in [0, 0.1) is 19.8 Å². The van der Waals surface area contributed by atoms with Gasteiger partial charge in [-0.15, -0.1) is 0 Å². The van der Waals surface area contributed by atoms with Crippen molar-refractivity contribution in [1.82, 2.24) is 5.32 Å². The SMILES string of the molecule is Cc1cc(C)cc(C(=O)NCC2CC(=O)N(c3ccc(Cl)cc3)C2)c1. The molecule has 1 atom stereocenters. The van der Waals surface area contributed by atoms with Crippen molar-refractivity contribution < 1.29 is 9.59 Å². The Morgan fingerprint density at radius 1 is 1.16 bits per heavy atom. The van der Waals surface area contributed by atoms with Crippen molar-refractivity contribution in [2.45, 2.75) is 20.3 Å². The molecule has 1 N–H and O–H groups in total. The number of hydrogen-bond acceptors (Lipinski definition) is 2. The van der Waals surface area contributed by atoms with Gasteiger partial charge >= 0.3 is 0 Å². The summed E-state index contributed by atoms with van der Waals surface area (Å²) >= 11 is 5.90. The summed E-state index contributed by atoms with van der Waals surface area (Å²) in [6.45, 7) is 5.04. The molecule has 130 valence electrons. The Bertz CT molecular complexity index is 782. The molecule has 2 aromatic rings. The molecule has 2 amide bonds. The van der Waals surface area contributed by atoms with Crippen LogP contribution >= 0.6 is 11.6 Å². The first kappa shape index (κ1) is 17.5. The molecule has 0 spiro atoms. The minimum atomic E-state index is -0.0933. The molecule has 5 heteroatoms. The lowest BCUT2D eigenvalue weighted by Crippen LogP contribution is -2.31. The van der Waals surface area contributed by atoms with Gasteiger partial charge in [0.05, 0.1) is 0 Å². The van der Waals surface area contributed by atoms with Gasteiger partial charge in [-0.25, -0.2) is 0 Å². The fraction of sp³-hybridized carbons (Fsp3) is 0.300. The smallest absolute Gasteiger partial charge is 0.251 e. The minimum Gasteiger partial charge on any atom is -0.352 e. The first-order valence-electron chi connectivity index (χ1n) is 8.35. The number of rotatable bonds is 4. The van der Waals surface area contributed by atoms with Gasteiger partial charge < -0.3 is 10.2 Å². The van der Waals surface area contributed by atoms with Crippen molar-refractivity contribution in [3.05, 3.63) is 64.2 Å². The molecule has 1 aliphatic heterocycles. The summed E-state index contributed by atoms with van der Waals surface area (Å²) in [5.74, 6) is 0.0928. The number of carbonyl (C=O) groups excluding carboxylic acids is 2. The predicted octanol–water partition coefficient (Wildman–Crippen LogP) is 3.74. The van der Waals surface area contributed by atoms with Gasteiger partial charge in [-0.05, 0) is 50.2 Å². The zero-order chi connectivity index (χ0) is 18.0. The average molecular weight is 357 g/mol. The molecule has 1 fully saturated rings. The van der Waals surface area contributed by atoms with Crippen molar-refractivity contribution in [3.8, 4) is 0 Å². The monoisotopic (exact) mass is 356 g/mol. The van der Waals surface area contributed by atoms with E-state index in [0.29, 0.717) is 30.1 Å². The van der Waals surface area contributed by atoms with E-state index in [1.54, 1.807) is 17.0 Å². The molecule has 0 saturated carbocycles. The van der Waals surface area contributed by atoms with E-state index in [1.807, 2.05) is 44.2 Å². The van der Waals surface area contributed by atoms with Gasteiger partial charge in [0, 0.05) is 41.7 Å².